The van der Waals surface area contributed by atoms with Crippen molar-refractivity contribution in [3.8, 4) is 0 Å². The van der Waals surface area contributed by atoms with Gasteiger partial charge in [-0.1, -0.05) is 81.8 Å². The summed E-state index contributed by atoms with van der Waals surface area (Å²) in [5.41, 5.74) is 10.4. The van der Waals surface area contributed by atoms with Crippen LogP contribution in [-0.4, -0.2) is 0 Å². The van der Waals surface area contributed by atoms with Gasteiger partial charge in [-0.05, 0) is 83.9 Å². The summed E-state index contributed by atoms with van der Waals surface area (Å²) < 4.78 is 0. The Hall–Kier alpha value is -1.79. The Morgan fingerprint density at radius 3 is 2.17 bits per heavy atom. The van der Waals surface area contributed by atoms with Gasteiger partial charge in [-0.15, -0.1) is 0 Å². The van der Waals surface area contributed by atoms with E-state index in [0.29, 0.717) is 0 Å². The lowest BCUT2D eigenvalue weighted by atomic mass is 9.72. The van der Waals surface area contributed by atoms with Crippen LogP contribution in [0.15, 0.2) is 54.1 Å². The number of rotatable bonds is 5. The van der Waals surface area contributed by atoms with Crippen LogP contribution >= 0.6 is 11.6 Å². The van der Waals surface area contributed by atoms with Crippen molar-refractivity contribution in [2.24, 2.45) is 0 Å². The Kier molecular flexibility index (Phi) is 5.28. The minimum Gasteiger partial charge on any atom is -0.0837 e. The molecule has 0 spiro atoms. The monoisotopic (exact) mass is 404 g/mol. The molecular weight excluding hydrogens is 372 g/mol. The lowest BCUT2D eigenvalue weighted by Crippen LogP contribution is -2.24. The Balaban J connectivity index is 1.94. The minimum atomic E-state index is 0.0654. The normalized spacial score (nSPS) is 20.3. The highest BCUT2D eigenvalue weighted by Gasteiger charge is 2.43. The first-order chi connectivity index (χ1) is 14.0. The molecule has 0 saturated heterocycles. The SMILES string of the molecule is CCC1(CC)C/C(=C\C2=C(C)c3c(Cl)cccc3C2(CC)CC)c2ccccc21. The summed E-state index contributed by atoms with van der Waals surface area (Å²) in [6, 6.07) is 15.6. The number of hydrogen-bond donors (Lipinski definition) is 0. The van der Waals surface area contributed by atoms with Gasteiger partial charge in [0.25, 0.3) is 0 Å². The fraction of sp³-hybridized carbons (Fsp3) is 0.429. The van der Waals surface area contributed by atoms with Crippen LogP contribution in [0.4, 0.5) is 0 Å². The second-order valence-corrected chi connectivity index (χ2v) is 9.28. The van der Waals surface area contributed by atoms with Gasteiger partial charge >= 0.3 is 0 Å². The number of fused-ring (bicyclic) bond motifs is 2. The smallest absolute Gasteiger partial charge is 0.0484 e. The molecule has 2 aromatic carbocycles. The molecule has 2 aliphatic carbocycles. The fourth-order valence-corrected chi connectivity index (χ4v) is 6.48. The van der Waals surface area contributed by atoms with Crippen molar-refractivity contribution >= 4 is 22.7 Å². The van der Waals surface area contributed by atoms with Crippen LogP contribution in [0.1, 0.15) is 89.0 Å². The van der Waals surface area contributed by atoms with Crippen molar-refractivity contribution in [3.05, 3.63) is 81.4 Å². The standard InChI is InChI=1S/C28H33Cl/c1-6-27(7-2)18-20(21-13-10-11-14-22(21)27)17-24-19(5)26-23(15-12-16-25(26)29)28(24,8-3)9-4/h10-17H,6-9,18H2,1-5H3/b20-17+. The lowest BCUT2D eigenvalue weighted by molar-refractivity contribution is 0.419. The summed E-state index contributed by atoms with van der Waals surface area (Å²) in [4.78, 5) is 0. The van der Waals surface area contributed by atoms with Gasteiger partial charge in [-0.3, -0.25) is 0 Å². The molecule has 29 heavy (non-hydrogen) atoms. The summed E-state index contributed by atoms with van der Waals surface area (Å²) in [5, 5.41) is 0.892. The van der Waals surface area contributed by atoms with Crippen LogP contribution in [0.5, 0.6) is 0 Å². The maximum Gasteiger partial charge on any atom is 0.0484 e. The molecule has 0 heterocycles. The molecule has 0 aromatic heterocycles. The van der Waals surface area contributed by atoms with E-state index in [4.69, 9.17) is 11.6 Å². The zero-order valence-corrected chi connectivity index (χ0v) is 19.3. The van der Waals surface area contributed by atoms with E-state index < -0.39 is 0 Å². The van der Waals surface area contributed by atoms with Gasteiger partial charge < -0.3 is 0 Å². The molecule has 4 rings (SSSR count). The molecule has 0 saturated carbocycles. The molecule has 0 radical (unpaired) electrons. The number of halogens is 1. The quantitative estimate of drug-likeness (QED) is 0.467. The van der Waals surface area contributed by atoms with Crippen LogP contribution in [0.2, 0.25) is 5.02 Å². The van der Waals surface area contributed by atoms with Crippen molar-refractivity contribution in [1.29, 1.82) is 0 Å². The molecule has 0 nitrogen and oxygen atoms in total. The highest BCUT2D eigenvalue weighted by molar-refractivity contribution is 6.32. The third-order valence-corrected chi connectivity index (χ3v) is 8.39. The molecule has 2 aromatic rings. The first-order valence-corrected chi connectivity index (χ1v) is 11.7. The number of allylic oxidation sites excluding steroid dienone is 4. The Labute approximate surface area is 181 Å². The van der Waals surface area contributed by atoms with E-state index in [1.807, 2.05) is 6.07 Å². The highest BCUT2D eigenvalue weighted by atomic mass is 35.5. The molecule has 0 N–H and O–H groups in total. The molecule has 0 fully saturated rings. The molecule has 0 amide bonds. The minimum absolute atomic E-state index is 0.0654. The second kappa shape index (κ2) is 7.47. The van der Waals surface area contributed by atoms with E-state index in [-0.39, 0.29) is 10.8 Å². The summed E-state index contributed by atoms with van der Waals surface area (Å²) in [7, 11) is 0. The largest absolute Gasteiger partial charge is 0.0837 e. The van der Waals surface area contributed by atoms with E-state index in [1.165, 1.54) is 46.3 Å². The van der Waals surface area contributed by atoms with Crippen molar-refractivity contribution < 1.29 is 0 Å². The van der Waals surface area contributed by atoms with Crippen molar-refractivity contribution in [1.82, 2.24) is 0 Å². The maximum atomic E-state index is 6.70. The molecular formula is C28H33Cl. The molecule has 0 aliphatic heterocycles. The molecule has 0 bridgehead atoms. The van der Waals surface area contributed by atoms with E-state index in [2.05, 4.69) is 77.1 Å². The molecule has 1 heteroatoms. The fourth-order valence-electron chi connectivity index (χ4n) is 6.17. The van der Waals surface area contributed by atoms with Gasteiger partial charge in [0.05, 0.1) is 0 Å². The van der Waals surface area contributed by atoms with Gasteiger partial charge in [-0.25, -0.2) is 0 Å². The van der Waals surface area contributed by atoms with Gasteiger partial charge in [-0.2, -0.15) is 0 Å². The third kappa shape index (κ3) is 2.79. The van der Waals surface area contributed by atoms with E-state index in [9.17, 15) is 0 Å². The summed E-state index contributed by atoms with van der Waals surface area (Å²) in [6.07, 6.45) is 8.26. The van der Waals surface area contributed by atoms with E-state index >= 15 is 0 Å². The highest BCUT2D eigenvalue weighted by Crippen LogP contribution is 2.56. The maximum absolute atomic E-state index is 6.70. The van der Waals surface area contributed by atoms with Gasteiger partial charge in [0.1, 0.15) is 0 Å². The lowest BCUT2D eigenvalue weighted by Gasteiger charge is -2.31. The topological polar surface area (TPSA) is 0 Å². The first-order valence-electron chi connectivity index (χ1n) is 11.3. The van der Waals surface area contributed by atoms with Crippen molar-refractivity contribution in [2.45, 2.75) is 77.6 Å². The Morgan fingerprint density at radius 1 is 0.862 bits per heavy atom. The molecule has 2 aliphatic rings. The molecule has 0 unspecified atom stereocenters. The van der Waals surface area contributed by atoms with Gasteiger partial charge in [0.2, 0.25) is 0 Å². The van der Waals surface area contributed by atoms with Crippen LogP contribution in [-0.2, 0) is 10.8 Å². The van der Waals surface area contributed by atoms with Crippen LogP contribution < -0.4 is 0 Å². The van der Waals surface area contributed by atoms with Gasteiger partial charge in [0, 0.05) is 16.0 Å². The predicted molar refractivity (Wildman–Crippen MR) is 128 cm³/mol. The Bertz CT molecular complexity index is 997. The number of benzene rings is 2. The average molecular weight is 405 g/mol. The summed E-state index contributed by atoms with van der Waals surface area (Å²) in [6.45, 7) is 11.6. The van der Waals surface area contributed by atoms with Crippen LogP contribution in [0.3, 0.4) is 0 Å². The van der Waals surface area contributed by atoms with Gasteiger partial charge in [0.15, 0.2) is 0 Å². The average Bonchev–Trinajstić information content (AvgIpc) is 3.20. The molecule has 152 valence electrons. The first kappa shape index (κ1) is 20.5. The zero-order chi connectivity index (χ0) is 20.8. The van der Waals surface area contributed by atoms with Crippen LogP contribution in [0, 0.1) is 0 Å². The summed E-state index contributed by atoms with van der Waals surface area (Å²) in [5.74, 6) is 0. The third-order valence-electron chi connectivity index (χ3n) is 8.08. The predicted octanol–water partition coefficient (Wildman–Crippen LogP) is 8.73. The van der Waals surface area contributed by atoms with E-state index in [0.717, 1.165) is 24.3 Å². The Morgan fingerprint density at radius 2 is 1.52 bits per heavy atom. The second-order valence-electron chi connectivity index (χ2n) is 8.87. The summed E-state index contributed by atoms with van der Waals surface area (Å²) >= 11 is 6.70. The zero-order valence-electron chi connectivity index (χ0n) is 18.5. The van der Waals surface area contributed by atoms with Crippen molar-refractivity contribution in [2.75, 3.05) is 0 Å². The van der Waals surface area contributed by atoms with Crippen LogP contribution in [0.25, 0.3) is 11.1 Å². The molecule has 0 atom stereocenters. The van der Waals surface area contributed by atoms with E-state index in [1.54, 1.807) is 5.56 Å². The number of hydrogen-bond acceptors (Lipinski definition) is 0. The van der Waals surface area contributed by atoms with Crippen molar-refractivity contribution in [3.63, 3.8) is 0 Å².